The maximum Gasteiger partial charge on any atom is 0.331 e. The van der Waals surface area contributed by atoms with E-state index in [-0.39, 0.29) is 18.4 Å². The predicted molar refractivity (Wildman–Crippen MR) is 97.3 cm³/mol. The first-order valence-corrected chi connectivity index (χ1v) is 9.00. The number of rotatable bonds is 4. The zero-order chi connectivity index (χ0) is 17.9. The molecule has 0 aliphatic heterocycles. The number of para-hydroxylation sites is 1. The molecule has 1 N–H and O–H groups in total. The van der Waals surface area contributed by atoms with E-state index in [2.05, 4.69) is 11.4 Å². The minimum Gasteiger partial charge on any atom is -0.467 e. The van der Waals surface area contributed by atoms with Gasteiger partial charge in [0.15, 0.2) is 0 Å². The van der Waals surface area contributed by atoms with Gasteiger partial charge in [0.25, 0.3) is 0 Å². The molecule has 5 nitrogen and oxygen atoms in total. The third-order valence-corrected chi connectivity index (χ3v) is 5.23. The van der Waals surface area contributed by atoms with Gasteiger partial charge >= 0.3 is 5.97 Å². The van der Waals surface area contributed by atoms with Crippen LogP contribution in [0.2, 0.25) is 0 Å². The third-order valence-electron chi connectivity index (χ3n) is 5.23. The highest BCUT2D eigenvalue weighted by Crippen LogP contribution is 2.28. The molecule has 1 amide bonds. The molecule has 1 saturated carbocycles. The molecule has 2 aromatic rings. The van der Waals surface area contributed by atoms with Crippen LogP contribution in [0.15, 0.2) is 30.3 Å². The Kier molecular flexibility index (Phi) is 5.11. The first-order valence-electron chi connectivity index (χ1n) is 9.00. The summed E-state index contributed by atoms with van der Waals surface area (Å²) >= 11 is 0. The highest BCUT2D eigenvalue weighted by Gasteiger charge is 2.41. The van der Waals surface area contributed by atoms with Gasteiger partial charge in [-0.15, -0.1) is 0 Å². The van der Waals surface area contributed by atoms with Gasteiger partial charge in [0, 0.05) is 11.2 Å². The second-order valence-corrected chi connectivity index (χ2v) is 6.97. The normalized spacial score (nSPS) is 17.0. The van der Waals surface area contributed by atoms with Crippen molar-refractivity contribution >= 4 is 22.8 Å². The predicted octanol–water partition coefficient (Wildman–Crippen LogP) is 3.33. The minimum absolute atomic E-state index is 0.142. The lowest BCUT2D eigenvalue weighted by Crippen LogP contribution is -2.55. The smallest absolute Gasteiger partial charge is 0.331 e. The molecular weight excluding hydrogens is 316 g/mol. The van der Waals surface area contributed by atoms with Crippen LogP contribution in [-0.2, 0) is 20.9 Å². The summed E-state index contributed by atoms with van der Waals surface area (Å²) in [6.45, 7) is 2.20. The lowest BCUT2D eigenvalue weighted by atomic mass is 9.90. The molecule has 1 aliphatic carbocycles. The number of fused-ring (bicyclic) bond motifs is 1. The van der Waals surface area contributed by atoms with Crippen molar-refractivity contribution in [2.24, 2.45) is 0 Å². The molecular formula is C20H26N2O3. The van der Waals surface area contributed by atoms with Gasteiger partial charge in [-0.2, -0.15) is 0 Å². The number of methoxy groups -OCH3 is 1. The van der Waals surface area contributed by atoms with Crippen molar-refractivity contribution in [1.82, 2.24) is 9.88 Å². The molecule has 0 saturated heterocycles. The maximum absolute atomic E-state index is 12.8. The number of nitrogens with one attached hydrogen (secondary N) is 1. The van der Waals surface area contributed by atoms with Gasteiger partial charge in [0.1, 0.15) is 12.1 Å². The van der Waals surface area contributed by atoms with Crippen LogP contribution in [0.5, 0.6) is 0 Å². The third kappa shape index (κ3) is 3.55. The number of aryl methyl sites for hydroxylation is 1. The minimum atomic E-state index is -0.876. The molecule has 0 atom stereocenters. The molecule has 1 aliphatic rings. The van der Waals surface area contributed by atoms with E-state index in [4.69, 9.17) is 4.74 Å². The van der Waals surface area contributed by atoms with Crippen molar-refractivity contribution in [1.29, 1.82) is 0 Å². The van der Waals surface area contributed by atoms with Crippen LogP contribution < -0.4 is 5.32 Å². The maximum atomic E-state index is 12.8. The van der Waals surface area contributed by atoms with Gasteiger partial charge in [0.05, 0.1) is 7.11 Å². The Morgan fingerprint density at radius 3 is 2.52 bits per heavy atom. The number of hydrogen-bond acceptors (Lipinski definition) is 3. The van der Waals surface area contributed by atoms with Gasteiger partial charge in [-0.1, -0.05) is 43.9 Å². The molecule has 0 bridgehead atoms. The van der Waals surface area contributed by atoms with E-state index in [9.17, 15) is 9.59 Å². The fourth-order valence-corrected chi connectivity index (χ4v) is 3.92. The average molecular weight is 342 g/mol. The van der Waals surface area contributed by atoms with Crippen molar-refractivity contribution in [2.45, 2.75) is 57.5 Å². The zero-order valence-electron chi connectivity index (χ0n) is 15.0. The second kappa shape index (κ2) is 7.30. The average Bonchev–Trinajstić information content (AvgIpc) is 2.77. The summed E-state index contributed by atoms with van der Waals surface area (Å²) in [5, 5.41) is 4.13. The molecule has 1 aromatic carbocycles. The monoisotopic (exact) mass is 342 g/mol. The molecule has 0 unspecified atom stereocenters. The Labute approximate surface area is 148 Å². The van der Waals surface area contributed by atoms with Gasteiger partial charge in [0.2, 0.25) is 5.91 Å². The fraction of sp³-hybridized carbons (Fsp3) is 0.500. The number of carbonyl (C=O) groups excluding carboxylic acids is 2. The number of aromatic nitrogens is 1. The van der Waals surface area contributed by atoms with E-state index in [0.29, 0.717) is 12.8 Å². The quantitative estimate of drug-likeness (QED) is 0.685. The van der Waals surface area contributed by atoms with Crippen LogP contribution in [-0.4, -0.2) is 29.1 Å². The van der Waals surface area contributed by atoms with Crippen LogP contribution in [0.1, 0.15) is 44.2 Å². The van der Waals surface area contributed by atoms with Crippen molar-refractivity contribution in [2.75, 3.05) is 7.11 Å². The summed E-state index contributed by atoms with van der Waals surface area (Å²) in [4.78, 5) is 25.2. The van der Waals surface area contributed by atoms with Crippen molar-refractivity contribution in [3.8, 4) is 0 Å². The zero-order valence-corrected chi connectivity index (χ0v) is 15.0. The number of ether oxygens (including phenoxy) is 1. The Morgan fingerprint density at radius 1 is 1.16 bits per heavy atom. The van der Waals surface area contributed by atoms with E-state index < -0.39 is 5.54 Å². The first-order chi connectivity index (χ1) is 12.1. The second-order valence-electron chi connectivity index (χ2n) is 6.97. The molecule has 5 heteroatoms. The van der Waals surface area contributed by atoms with Crippen molar-refractivity contribution in [3.05, 3.63) is 36.0 Å². The highest BCUT2D eigenvalue weighted by atomic mass is 16.5. The molecule has 1 fully saturated rings. The summed E-state index contributed by atoms with van der Waals surface area (Å²) in [7, 11) is 1.39. The Balaban J connectivity index is 1.81. The summed E-state index contributed by atoms with van der Waals surface area (Å²) in [6, 6.07) is 10.1. The van der Waals surface area contributed by atoms with Crippen LogP contribution in [0.25, 0.3) is 10.9 Å². The van der Waals surface area contributed by atoms with Gasteiger partial charge < -0.3 is 14.6 Å². The standard InChI is InChI=1S/C20H26N2O3/c1-15-13-16-9-5-6-10-17(16)22(15)14-18(23)21-20(19(24)25-2)11-7-3-4-8-12-20/h5-6,9-10,13H,3-4,7-8,11-12,14H2,1-2H3,(H,21,23). The number of amides is 1. The largest absolute Gasteiger partial charge is 0.467 e. The SMILES string of the molecule is COC(=O)C1(NC(=O)Cn2c(C)cc3ccccc32)CCCCCC1. The van der Waals surface area contributed by atoms with E-state index >= 15 is 0 Å². The lowest BCUT2D eigenvalue weighted by molar-refractivity contribution is -0.151. The number of nitrogens with zero attached hydrogens (tertiary/aromatic N) is 1. The molecule has 0 radical (unpaired) electrons. The Hall–Kier alpha value is -2.30. The highest BCUT2D eigenvalue weighted by molar-refractivity contribution is 5.89. The summed E-state index contributed by atoms with van der Waals surface area (Å²) < 4.78 is 7.01. The van der Waals surface area contributed by atoms with Crippen LogP contribution in [0.4, 0.5) is 0 Å². The fourth-order valence-electron chi connectivity index (χ4n) is 3.92. The van der Waals surface area contributed by atoms with Crippen molar-refractivity contribution in [3.63, 3.8) is 0 Å². The summed E-state index contributed by atoms with van der Waals surface area (Å²) in [5.74, 6) is -0.464. The Morgan fingerprint density at radius 2 is 1.84 bits per heavy atom. The number of hydrogen-bond donors (Lipinski definition) is 1. The molecule has 0 spiro atoms. The van der Waals surface area contributed by atoms with Gasteiger partial charge in [-0.05, 0) is 37.3 Å². The first kappa shape index (κ1) is 17.5. The van der Waals surface area contributed by atoms with Gasteiger partial charge in [-0.25, -0.2) is 4.79 Å². The van der Waals surface area contributed by atoms with Gasteiger partial charge in [-0.3, -0.25) is 4.79 Å². The lowest BCUT2D eigenvalue weighted by Gasteiger charge is -2.31. The molecule has 25 heavy (non-hydrogen) atoms. The summed E-state index contributed by atoms with van der Waals surface area (Å²) in [5.41, 5.74) is 1.19. The topological polar surface area (TPSA) is 60.3 Å². The molecule has 1 heterocycles. The van der Waals surface area contributed by atoms with Crippen LogP contribution in [0.3, 0.4) is 0 Å². The van der Waals surface area contributed by atoms with E-state index in [1.54, 1.807) is 0 Å². The van der Waals surface area contributed by atoms with Crippen molar-refractivity contribution < 1.29 is 14.3 Å². The molecule has 134 valence electrons. The Bertz CT molecular complexity index is 770. The van der Waals surface area contributed by atoms with E-state index in [1.165, 1.54) is 7.11 Å². The number of carbonyl (C=O) groups is 2. The van der Waals surface area contributed by atoms with Crippen LogP contribution >= 0.6 is 0 Å². The molecule has 1 aromatic heterocycles. The number of esters is 1. The van der Waals surface area contributed by atoms with E-state index in [1.807, 2.05) is 35.8 Å². The number of benzene rings is 1. The summed E-state index contributed by atoms with van der Waals surface area (Å²) in [6.07, 6.45) is 5.35. The van der Waals surface area contributed by atoms with E-state index in [0.717, 1.165) is 42.3 Å². The molecule has 3 rings (SSSR count). The van der Waals surface area contributed by atoms with Crippen LogP contribution in [0, 0.1) is 6.92 Å².